The molecule has 0 spiro atoms. The first kappa shape index (κ1) is 22.0. The molecule has 2 atom stereocenters. The second-order valence-electron chi connectivity index (χ2n) is 7.28. The Bertz CT molecular complexity index is 946. The summed E-state index contributed by atoms with van der Waals surface area (Å²) < 4.78 is 7.52. The van der Waals surface area contributed by atoms with E-state index in [4.69, 9.17) is 9.84 Å². The van der Waals surface area contributed by atoms with Gasteiger partial charge in [0.2, 0.25) is 5.91 Å². The number of benzene rings is 2. The number of rotatable bonds is 6. The van der Waals surface area contributed by atoms with Gasteiger partial charge < -0.3 is 15.4 Å². The molecule has 2 N–H and O–H groups in total. The molecule has 0 unspecified atom stereocenters. The number of aromatic nitrogens is 2. The monoisotopic (exact) mass is 426 g/mol. The van der Waals surface area contributed by atoms with Crippen molar-refractivity contribution in [1.29, 1.82) is 0 Å². The summed E-state index contributed by atoms with van der Waals surface area (Å²) in [5.74, 6) is -0.0491. The maximum absolute atomic E-state index is 12.6. The van der Waals surface area contributed by atoms with Crippen LogP contribution in [0.15, 0.2) is 66.9 Å². The van der Waals surface area contributed by atoms with Crippen LogP contribution in [0.5, 0.6) is 0 Å². The first-order valence-corrected chi connectivity index (χ1v) is 9.99. The fourth-order valence-corrected chi connectivity index (χ4v) is 3.60. The molecule has 4 rings (SSSR count). The van der Waals surface area contributed by atoms with E-state index in [1.807, 2.05) is 66.3 Å². The van der Waals surface area contributed by atoms with Crippen LogP contribution < -0.4 is 10.6 Å². The van der Waals surface area contributed by atoms with Crippen molar-refractivity contribution >= 4 is 18.3 Å². The smallest absolute Gasteiger partial charge is 0.240 e. The van der Waals surface area contributed by atoms with E-state index >= 15 is 0 Å². The molecule has 0 radical (unpaired) electrons. The van der Waals surface area contributed by atoms with Crippen LogP contribution in [0.3, 0.4) is 0 Å². The maximum Gasteiger partial charge on any atom is 0.240 e. The zero-order chi connectivity index (χ0) is 20.1. The molecule has 3 aromatic rings. The Morgan fingerprint density at radius 2 is 1.87 bits per heavy atom. The molecule has 0 saturated carbocycles. The predicted octanol–water partition coefficient (Wildman–Crippen LogP) is 3.01. The Kier molecular flexibility index (Phi) is 7.63. The summed E-state index contributed by atoms with van der Waals surface area (Å²) in [6.45, 7) is 4.35. The van der Waals surface area contributed by atoms with Crippen molar-refractivity contribution in [1.82, 2.24) is 20.4 Å². The highest BCUT2D eigenvalue weighted by molar-refractivity contribution is 5.85. The standard InChI is InChI=1S/C23H26N4O2.ClH/c1-17-21(24-12-13-29-17)23(28)25-14-20-16-27(15-18-8-4-2-5-9-18)26-22(20)19-10-6-3-7-11-19;/h2-11,16-17,21,24H,12-15H2,1H3,(H,25,28);1H/t17-,21+;/m1./s1. The molecule has 7 heteroatoms. The molecule has 0 aliphatic carbocycles. The average molecular weight is 427 g/mol. The predicted molar refractivity (Wildman–Crippen MR) is 120 cm³/mol. The van der Waals surface area contributed by atoms with E-state index in [0.717, 1.165) is 16.8 Å². The van der Waals surface area contributed by atoms with Gasteiger partial charge in [0.15, 0.2) is 0 Å². The van der Waals surface area contributed by atoms with Gasteiger partial charge in [-0.05, 0) is 12.5 Å². The molecule has 30 heavy (non-hydrogen) atoms. The van der Waals surface area contributed by atoms with Crippen molar-refractivity contribution in [2.45, 2.75) is 32.2 Å². The topological polar surface area (TPSA) is 68.2 Å². The third kappa shape index (κ3) is 5.27. The number of hydrogen-bond acceptors (Lipinski definition) is 4. The molecule has 1 amide bonds. The highest BCUT2D eigenvalue weighted by Gasteiger charge is 2.28. The number of halogens is 1. The summed E-state index contributed by atoms with van der Waals surface area (Å²) in [6, 6.07) is 20.0. The molecule has 1 aromatic heterocycles. The zero-order valence-corrected chi connectivity index (χ0v) is 17.8. The van der Waals surface area contributed by atoms with Gasteiger partial charge in [-0.15, -0.1) is 12.4 Å². The summed E-state index contributed by atoms with van der Waals surface area (Å²) in [6.07, 6.45) is 1.88. The van der Waals surface area contributed by atoms with Gasteiger partial charge in [-0.2, -0.15) is 5.10 Å². The number of nitrogens with zero attached hydrogens (tertiary/aromatic N) is 2. The Morgan fingerprint density at radius 1 is 1.17 bits per heavy atom. The summed E-state index contributed by atoms with van der Waals surface area (Å²) in [4.78, 5) is 12.6. The fourth-order valence-electron chi connectivity index (χ4n) is 3.60. The summed E-state index contributed by atoms with van der Waals surface area (Å²) in [5, 5.41) is 11.1. The second kappa shape index (κ2) is 10.4. The molecule has 1 saturated heterocycles. The SMILES string of the molecule is C[C@H]1OCCN[C@@H]1C(=O)NCc1cn(Cc2ccccc2)nc1-c1ccccc1.Cl. The summed E-state index contributed by atoms with van der Waals surface area (Å²) in [7, 11) is 0. The lowest BCUT2D eigenvalue weighted by molar-refractivity contribution is -0.129. The molecule has 1 aliphatic rings. The fraction of sp³-hybridized carbons (Fsp3) is 0.304. The first-order chi connectivity index (χ1) is 14.2. The second-order valence-corrected chi connectivity index (χ2v) is 7.28. The van der Waals surface area contributed by atoms with Gasteiger partial charge in [0.25, 0.3) is 0 Å². The summed E-state index contributed by atoms with van der Waals surface area (Å²) in [5.41, 5.74) is 4.10. The van der Waals surface area contributed by atoms with E-state index in [-0.39, 0.29) is 30.5 Å². The molecule has 2 heterocycles. The minimum Gasteiger partial charge on any atom is -0.375 e. The Balaban J connectivity index is 0.00000256. The number of ether oxygens (including phenoxy) is 1. The number of morpholine rings is 1. The third-order valence-corrected chi connectivity index (χ3v) is 5.12. The van der Waals surface area contributed by atoms with Crippen molar-refractivity contribution in [3.63, 3.8) is 0 Å². The quantitative estimate of drug-likeness (QED) is 0.635. The van der Waals surface area contributed by atoms with Crippen LogP contribution in [-0.4, -0.2) is 41.0 Å². The number of amides is 1. The Labute approximate surface area is 183 Å². The molecule has 6 nitrogen and oxygen atoms in total. The van der Waals surface area contributed by atoms with Crippen LogP contribution in [-0.2, 0) is 22.6 Å². The molecule has 0 bridgehead atoms. The van der Waals surface area contributed by atoms with E-state index in [1.165, 1.54) is 5.56 Å². The van der Waals surface area contributed by atoms with E-state index in [0.29, 0.717) is 26.2 Å². The molecule has 1 fully saturated rings. The number of carbonyl (C=O) groups excluding carboxylic acids is 1. The van der Waals surface area contributed by atoms with Crippen LogP contribution in [0.2, 0.25) is 0 Å². The van der Waals surface area contributed by atoms with Gasteiger partial charge in [0.05, 0.1) is 24.9 Å². The van der Waals surface area contributed by atoms with E-state index in [1.54, 1.807) is 0 Å². The lowest BCUT2D eigenvalue weighted by atomic mass is 10.1. The van der Waals surface area contributed by atoms with Crippen molar-refractivity contribution in [3.05, 3.63) is 78.0 Å². The zero-order valence-electron chi connectivity index (χ0n) is 17.0. The molecular formula is C23H27ClN4O2. The van der Waals surface area contributed by atoms with Crippen molar-refractivity contribution < 1.29 is 9.53 Å². The third-order valence-electron chi connectivity index (χ3n) is 5.12. The highest BCUT2D eigenvalue weighted by Crippen LogP contribution is 2.22. The minimum absolute atomic E-state index is 0. The lowest BCUT2D eigenvalue weighted by Crippen LogP contribution is -2.55. The van der Waals surface area contributed by atoms with Crippen molar-refractivity contribution in [2.24, 2.45) is 0 Å². The van der Waals surface area contributed by atoms with Crippen LogP contribution >= 0.6 is 12.4 Å². The van der Waals surface area contributed by atoms with E-state index < -0.39 is 0 Å². The largest absolute Gasteiger partial charge is 0.375 e. The molecular weight excluding hydrogens is 400 g/mol. The first-order valence-electron chi connectivity index (χ1n) is 9.99. The lowest BCUT2D eigenvalue weighted by Gasteiger charge is -2.29. The number of nitrogens with one attached hydrogen (secondary N) is 2. The van der Waals surface area contributed by atoms with Gasteiger partial charge >= 0.3 is 0 Å². The van der Waals surface area contributed by atoms with Gasteiger partial charge in [-0.1, -0.05) is 60.7 Å². The Hall–Kier alpha value is -2.67. The van der Waals surface area contributed by atoms with Gasteiger partial charge in [-0.3, -0.25) is 9.48 Å². The van der Waals surface area contributed by atoms with Gasteiger partial charge in [-0.25, -0.2) is 0 Å². The van der Waals surface area contributed by atoms with Gasteiger partial charge in [0, 0.05) is 30.4 Å². The summed E-state index contributed by atoms with van der Waals surface area (Å²) >= 11 is 0. The van der Waals surface area contributed by atoms with Crippen LogP contribution in [0.1, 0.15) is 18.1 Å². The average Bonchev–Trinajstić information content (AvgIpc) is 3.16. The van der Waals surface area contributed by atoms with Gasteiger partial charge in [0.1, 0.15) is 6.04 Å². The normalized spacial score (nSPS) is 18.4. The van der Waals surface area contributed by atoms with Crippen LogP contribution in [0, 0.1) is 0 Å². The Morgan fingerprint density at radius 3 is 2.57 bits per heavy atom. The van der Waals surface area contributed by atoms with Crippen molar-refractivity contribution in [2.75, 3.05) is 13.2 Å². The maximum atomic E-state index is 12.6. The molecule has 2 aromatic carbocycles. The van der Waals surface area contributed by atoms with E-state index in [2.05, 4.69) is 22.8 Å². The van der Waals surface area contributed by atoms with E-state index in [9.17, 15) is 4.79 Å². The van der Waals surface area contributed by atoms with Crippen LogP contribution in [0.4, 0.5) is 0 Å². The number of carbonyl (C=O) groups is 1. The van der Waals surface area contributed by atoms with Crippen LogP contribution in [0.25, 0.3) is 11.3 Å². The highest BCUT2D eigenvalue weighted by atomic mass is 35.5. The van der Waals surface area contributed by atoms with Crippen molar-refractivity contribution in [3.8, 4) is 11.3 Å². The molecule has 1 aliphatic heterocycles. The number of hydrogen-bond donors (Lipinski definition) is 2. The minimum atomic E-state index is -0.330. The molecule has 158 valence electrons.